The van der Waals surface area contributed by atoms with Crippen molar-refractivity contribution in [2.45, 2.75) is 12.8 Å². The third-order valence-electron chi connectivity index (χ3n) is 4.23. The summed E-state index contributed by atoms with van der Waals surface area (Å²) < 4.78 is 10.3. The Bertz CT molecular complexity index is 999. The summed E-state index contributed by atoms with van der Waals surface area (Å²) in [5.41, 5.74) is 0.454. The number of nitrogens with one attached hydrogen (secondary N) is 1. The maximum Gasteiger partial charge on any atom is 0.337 e. The number of carbonyl (C=O) groups excluding carboxylic acids is 2. The van der Waals surface area contributed by atoms with Crippen LogP contribution in [0.5, 0.6) is 11.5 Å². The molecule has 0 unspecified atom stereocenters. The second-order valence-corrected chi connectivity index (χ2v) is 6.23. The number of rotatable bonds is 7. The number of fused-ring (bicyclic) bond motifs is 1. The van der Waals surface area contributed by atoms with Crippen LogP contribution in [-0.4, -0.2) is 30.7 Å². The third kappa shape index (κ3) is 4.79. The summed E-state index contributed by atoms with van der Waals surface area (Å²) >= 11 is 0. The predicted octanol–water partition coefficient (Wildman–Crippen LogP) is 4.13. The summed E-state index contributed by atoms with van der Waals surface area (Å²) in [4.78, 5) is 23.5. The van der Waals surface area contributed by atoms with Crippen LogP contribution in [0.15, 0.2) is 60.7 Å². The third-order valence-corrected chi connectivity index (χ3v) is 4.23. The van der Waals surface area contributed by atoms with Gasteiger partial charge in [-0.3, -0.25) is 4.79 Å². The molecule has 0 saturated heterocycles. The molecular formula is C22H21NO5. The van der Waals surface area contributed by atoms with E-state index >= 15 is 0 Å². The minimum absolute atomic E-state index is 0.191. The van der Waals surface area contributed by atoms with E-state index in [4.69, 9.17) is 4.74 Å². The molecule has 3 rings (SSSR count). The zero-order valence-electron chi connectivity index (χ0n) is 15.5. The second kappa shape index (κ2) is 8.90. The van der Waals surface area contributed by atoms with Crippen LogP contribution >= 0.6 is 0 Å². The van der Waals surface area contributed by atoms with E-state index in [1.165, 1.54) is 25.3 Å². The van der Waals surface area contributed by atoms with Gasteiger partial charge in [0.2, 0.25) is 5.91 Å². The summed E-state index contributed by atoms with van der Waals surface area (Å²) in [6.07, 6.45) is 0.769. The Balaban J connectivity index is 1.47. The van der Waals surface area contributed by atoms with E-state index < -0.39 is 5.97 Å². The van der Waals surface area contributed by atoms with Crippen LogP contribution in [0.2, 0.25) is 0 Å². The van der Waals surface area contributed by atoms with Gasteiger partial charge in [0, 0.05) is 6.42 Å². The number of esters is 1. The van der Waals surface area contributed by atoms with E-state index in [-0.39, 0.29) is 29.3 Å². The molecule has 0 saturated carbocycles. The quantitative estimate of drug-likeness (QED) is 0.366. The van der Waals surface area contributed by atoms with E-state index in [1.54, 1.807) is 0 Å². The predicted molar refractivity (Wildman–Crippen MR) is 107 cm³/mol. The Hall–Kier alpha value is -3.54. The van der Waals surface area contributed by atoms with Gasteiger partial charge in [0.05, 0.1) is 25.0 Å². The number of ether oxygens (including phenoxy) is 2. The Kier molecular flexibility index (Phi) is 6.11. The van der Waals surface area contributed by atoms with Crippen molar-refractivity contribution in [1.29, 1.82) is 0 Å². The zero-order valence-corrected chi connectivity index (χ0v) is 15.5. The first-order chi connectivity index (χ1) is 13.6. The lowest BCUT2D eigenvalue weighted by molar-refractivity contribution is -0.116. The average Bonchev–Trinajstić information content (AvgIpc) is 2.72. The summed E-state index contributed by atoms with van der Waals surface area (Å²) in [7, 11) is 1.26. The number of amides is 1. The van der Waals surface area contributed by atoms with Crippen LogP contribution in [0, 0.1) is 0 Å². The van der Waals surface area contributed by atoms with Crippen molar-refractivity contribution in [3.8, 4) is 11.5 Å². The van der Waals surface area contributed by atoms with Gasteiger partial charge in [-0.2, -0.15) is 0 Å². The molecule has 0 fully saturated rings. The van der Waals surface area contributed by atoms with Gasteiger partial charge in [0.15, 0.2) is 0 Å². The van der Waals surface area contributed by atoms with E-state index in [0.29, 0.717) is 13.0 Å². The SMILES string of the molecule is COC(=O)c1ccc(NC(=O)CCCOc2ccc3ccccc3c2)c(O)c1. The highest BCUT2D eigenvalue weighted by atomic mass is 16.5. The van der Waals surface area contributed by atoms with Crippen molar-refractivity contribution >= 4 is 28.3 Å². The molecule has 3 aromatic carbocycles. The van der Waals surface area contributed by atoms with Gasteiger partial charge in [-0.25, -0.2) is 4.79 Å². The number of benzene rings is 3. The van der Waals surface area contributed by atoms with Crippen molar-refractivity contribution in [3.63, 3.8) is 0 Å². The zero-order chi connectivity index (χ0) is 19.9. The topological polar surface area (TPSA) is 84.9 Å². The standard InChI is InChI=1S/C22H21NO5/c1-27-22(26)17-9-11-19(20(24)14-17)23-21(25)7-4-12-28-18-10-8-15-5-2-3-6-16(15)13-18/h2-3,5-6,8-11,13-14,24H,4,7,12H2,1H3,(H,23,25). The Morgan fingerprint density at radius 3 is 2.54 bits per heavy atom. The molecule has 0 heterocycles. The fraction of sp³-hybridized carbons (Fsp3) is 0.182. The van der Waals surface area contributed by atoms with Crippen molar-refractivity contribution in [2.24, 2.45) is 0 Å². The first-order valence-electron chi connectivity index (χ1n) is 8.89. The molecule has 28 heavy (non-hydrogen) atoms. The fourth-order valence-electron chi connectivity index (χ4n) is 2.77. The van der Waals surface area contributed by atoms with Gasteiger partial charge in [-0.05, 0) is 47.5 Å². The molecule has 0 bridgehead atoms. The Labute approximate surface area is 162 Å². The maximum atomic E-state index is 12.1. The molecule has 0 aromatic heterocycles. The van der Waals surface area contributed by atoms with Gasteiger partial charge < -0.3 is 19.9 Å². The van der Waals surface area contributed by atoms with Crippen LogP contribution in [0.1, 0.15) is 23.2 Å². The number of hydrogen-bond donors (Lipinski definition) is 2. The minimum atomic E-state index is -0.556. The molecule has 0 spiro atoms. The smallest absolute Gasteiger partial charge is 0.337 e. The van der Waals surface area contributed by atoms with Crippen molar-refractivity contribution in [3.05, 3.63) is 66.2 Å². The molecule has 1 amide bonds. The number of methoxy groups -OCH3 is 1. The maximum absolute atomic E-state index is 12.1. The van der Waals surface area contributed by atoms with Crippen LogP contribution in [0.4, 0.5) is 5.69 Å². The van der Waals surface area contributed by atoms with Gasteiger partial charge in [-0.15, -0.1) is 0 Å². The summed E-state index contributed by atoms with van der Waals surface area (Å²) in [6.45, 7) is 0.402. The molecule has 0 aliphatic rings. The van der Waals surface area contributed by atoms with E-state index in [2.05, 4.69) is 10.1 Å². The highest BCUT2D eigenvalue weighted by molar-refractivity contribution is 5.95. The second-order valence-electron chi connectivity index (χ2n) is 6.23. The summed E-state index contributed by atoms with van der Waals surface area (Å²) in [5, 5.41) is 14.8. The number of carbonyl (C=O) groups is 2. The fourth-order valence-corrected chi connectivity index (χ4v) is 2.77. The van der Waals surface area contributed by atoms with Crippen molar-refractivity contribution < 1.29 is 24.2 Å². The van der Waals surface area contributed by atoms with Gasteiger partial charge >= 0.3 is 5.97 Å². The Morgan fingerprint density at radius 1 is 1.00 bits per heavy atom. The van der Waals surface area contributed by atoms with Gasteiger partial charge in [0.25, 0.3) is 0 Å². The molecule has 6 nitrogen and oxygen atoms in total. The summed E-state index contributed by atoms with van der Waals surface area (Å²) in [5.74, 6) is -0.235. The lowest BCUT2D eigenvalue weighted by Gasteiger charge is -2.09. The summed E-state index contributed by atoms with van der Waals surface area (Å²) in [6, 6.07) is 18.1. The van der Waals surface area contributed by atoms with E-state index in [9.17, 15) is 14.7 Å². The molecule has 6 heteroatoms. The first kappa shape index (κ1) is 19.2. The first-order valence-corrected chi connectivity index (χ1v) is 8.89. The highest BCUT2D eigenvalue weighted by Crippen LogP contribution is 2.25. The molecule has 0 aliphatic carbocycles. The molecule has 0 aliphatic heterocycles. The van der Waals surface area contributed by atoms with E-state index in [0.717, 1.165) is 16.5 Å². The molecular weight excluding hydrogens is 358 g/mol. The lowest BCUT2D eigenvalue weighted by atomic mass is 10.1. The van der Waals surface area contributed by atoms with Crippen molar-refractivity contribution in [1.82, 2.24) is 0 Å². The molecule has 2 N–H and O–H groups in total. The molecule has 0 radical (unpaired) electrons. The molecule has 0 atom stereocenters. The average molecular weight is 379 g/mol. The van der Waals surface area contributed by atoms with Gasteiger partial charge in [0.1, 0.15) is 11.5 Å². The molecule has 3 aromatic rings. The normalized spacial score (nSPS) is 10.5. The monoisotopic (exact) mass is 379 g/mol. The van der Waals surface area contributed by atoms with Gasteiger partial charge in [-0.1, -0.05) is 30.3 Å². The van der Waals surface area contributed by atoms with Crippen molar-refractivity contribution in [2.75, 3.05) is 19.0 Å². The molecule has 144 valence electrons. The largest absolute Gasteiger partial charge is 0.506 e. The number of phenols is 1. The Morgan fingerprint density at radius 2 is 1.79 bits per heavy atom. The lowest BCUT2D eigenvalue weighted by Crippen LogP contribution is -2.13. The number of hydrogen-bond acceptors (Lipinski definition) is 5. The number of phenolic OH excluding ortho intramolecular Hbond substituents is 1. The van der Waals surface area contributed by atoms with Crippen LogP contribution in [0.3, 0.4) is 0 Å². The van der Waals surface area contributed by atoms with Crippen LogP contribution < -0.4 is 10.1 Å². The number of aromatic hydroxyl groups is 1. The van der Waals surface area contributed by atoms with Crippen LogP contribution in [-0.2, 0) is 9.53 Å². The number of anilines is 1. The minimum Gasteiger partial charge on any atom is -0.506 e. The van der Waals surface area contributed by atoms with Crippen LogP contribution in [0.25, 0.3) is 10.8 Å². The van der Waals surface area contributed by atoms with E-state index in [1.807, 2.05) is 42.5 Å². The highest BCUT2D eigenvalue weighted by Gasteiger charge is 2.11.